The van der Waals surface area contributed by atoms with Crippen molar-refractivity contribution in [3.63, 3.8) is 0 Å². The van der Waals surface area contributed by atoms with E-state index in [1.165, 1.54) is 0 Å². The van der Waals surface area contributed by atoms with E-state index in [1.807, 2.05) is 13.0 Å². The Morgan fingerprint density at radius 1 is 1.69 bits per heavy atom. The number of likely N-dealkylation sites (N-methyl/N-ethyl adjacent to an activating group) is 1. The summed E-state index contributed by atoms with van der Waals surface area (Å²) in [5.41, 5.74) is 1.72. The molecular formula is C10H12N4OS. The predicted molar refractivity (Wildman–Crippen MR) is 63.7 cm³/mol. The van der Waals surface area contributed by atoms with E-state index in [1.54, 1.807) is 24.0 Å². The van der Waals surface area contributed by atoms with Crippen LogP contribution in [0.15, 0.2) is 18.5 Å². The second-order valence-electron chi connectivity index (χ2n) is 3.48. The van der Waals surface area contributed by atoms with E-state index in [-0.39, 0.29) is 11.9 Å². The van der Waals surface area contributed by atoms with Gasteiger partial charge in [-0.2, -0.15) is 0 Å². The molecule has 6 heteroatoms. The van der Waals surface area contributed by atoms with Gasteiger partial charge in [0.15, 0.2) is 4.77 Å². The zero-order chi connectivity index (χ0) is 11.7. The van der Waals surface area contributed by atoms with E-state index < -0.39 is 0 Å². The summed E-state index contributed by atoms with van der Waals surface area (Å²) in [5, 5.41) is 2.61. The van der Waals surface area contributed by atoms with Crippen LogP contribution < -0.4 is 5.32 Å². The van der Waals surface area contributed by atoms with Gasteiger partial charge in [0, 0.05) is 13.2 Å². The smallest absolute Gasteiger partial charge is 0.242 e. The summed E-state index contributed by atoms with van der Waals surface area (Å²) >= 11 is 5.20. The number of imidazole rings is 1. The lowest BCUT2D eigenvalue weighted by molar-refractivity contribution is -0.123. The van der Waals surface area contributed by atoms with Gasteiger partial charge in [-0.3, -0.25) is 9.78 Å². The summed E-state index contributed by atoms with van der Waals surface area (Å²) in [6, 6.07) is 1.50. The number of hydrogen-bond donors (Lipinski definition) is 2. The molecule has 84 valence electrons. The van der Waals surface area contributed by atoms with Crippen molar-refractivity contribution >= 4 is 29.2 Å². The van der Waals surface area contributed by atoms with Gasteiger partial charge < -0.3 is 14.9 Å². The van der Waals surface area contributed by atoms with E-state index in [4.69, 9.17) is 12.2 Å². The average Bonchev–Trinajstić information content (AvgIpc) is 2.63. The van der Waals surface area contributed by atoms with Crippen LogP contribution in [0.1, 0.15) is 13.0 Å². The molecule has 0 aromatic carbocycles. The Balaban J connectivity index is 2.64. The minimum absolute atomic E-state index is 0.0752. The third kappa shape index (κ3) is 1.61. The molecule has 0 bridgehead atoms. The van der Waals surface area contributed by atoms with Gasteiger partial charge in [0.2, 0.25) is 5.91 Å². The van der Waals surface area contributed by atoms with E-state index >= 15 is 0 Å². The van der Waals surface area contributed by atoms with Crippen LogP contribution >= 0.6 is 12.2 Å². The molecule has 0 aliphatic heterocycles. The number of aromatic amines is 1. The van der Waals surface area contributed by atoms with Crippen LogP contribution in [-0.2, 0) is 4.79 Å². The highest BCUT2D eigenvalue weighted by atomic mass is 32.1. The van der Waals surface area contributed by atoms with E-state index in [9.17, 15) is 4.79 Å². The topological polar surface area (TPSA) is 62.7 Å². The highest BCUT2D eigenvalue weighted by Crippen LogP contribution is 2.17. The number of fused-ring (bicyclic) bond motifs is 1. The zero-order valence-corrected chi connectivity index (χ0v) is 9.84. The Morgan fingerprint density at radius 2 is 2.44 bits per heavy atom. The molecule has 2 heterocycles. The molecule has 2 aromatic heterocycles. The van der Waals surface area contributed by atoms with Crippen LogP contribution in [0.25, 0.3) is 11.0 Å². The van der Waals surface area contributed by atoms with Crippen LogP contribution in [0.5, 0.6) is 0 Å². The number of aromatic nitrogens is 3. The van der Waals surface area contributed by atoms with Gasteiger partial charge in [0.05, 0.1) is 17.2 Å². The number of H-pyrrole nitrogens is 1. The molecule has 0 aliphatic carbocycles. The summed E-state index contributed by atoms with van der Waals surface area (Å²) in [4.78, 5) is 18.6. The first-order chi connectivity index (χ1) is 7.65. The molecule has 0 fully saturated rings. The van der Waals surface area contributed by atoms with Gasteiger partial charge in [0.1, 0.15) is 6.04 Å². The van der Waals surface area contributed by atoms with E-state index in [0.29, 0.717) is 4.77 Å². The molecule has 0 radical (unpaired) electrons. The molecule has 1 atom stereocenters. The predicted octanol–water partition coefficient (Wildman–Crippen LogP) is 1.40. The average molecular weight is 236 g/mol. The number of hydrogen-bond acceptors (Lipinski definition) is 3. The molecule has 0 saturated carbocycles. The van der Waals surface area contributed by atoms with Gasteiger partial charge in [-0.25, -0.2) is 0 Å². The van der Waals surface area contributed by atoms with Crippen molar-refractivity contribution in [1.82, 2.24) is 19.9 Å². The fraction of sp³-hybridized carbons (Fsp3) is 0.300. The Kier molecular flexibility index (Phi) is 2.74. The molecule has 2 rings (SSSR count). The van der Waals surface area contributed by atoms with Crippen LogP contribution in [0.3, 0.4) is 0 Å². The van der Waals surface area contributed by atoms with Crippen LogP contribution in [0, 0.1) is 4.77 Å². The van der Waals surface area contributed by atoms with Crippen LogP contribution in [0.4, 0.5) is 0 Å². The van der Waals surface area contributed by atoms with Gasteiger partial charge in [-0.1, -0.05) is 0 Å². The summed E-state index contributed by atoms with van der Waals surface area (Å²) in [6.07, 6.45) is 3.37. The van der Waals surface area contributed by atoms with Crippen molar-refractivity contribution in [2.45, 2.75) is 13.0 Å². The lowest BCUT2D eigenvalue weighted by Crippen LogP contribution is -2.27. The minimum atomic E-state index is -0.339. The maximum Gasteiger partial charge on any atom is 0.242 e. The molecule has 5 nitrogen and oxygen atoms in total. The third-order valence-electron chi connectivity index (χ3n) is 2.53. The first-order valence-electron chi connectivity index (χ1n) is 4.91. The monoisotopic (exact) mass is 236 g/mol. The zero-order valence-electron chi connectivity index (χ0n) is 9.02. The number of amides is 1. The number of carbonyl (C=O) groups is 1. The largest absolute Gasteiger partial charge is 0.357 e. The minimum Gasteiger partial charge on any atom is -0.357 e. The number of pyridine rings is 1. The van der Waals surface area contributed by atoms with Crippen molar-refractivity contribution in [2.24, 2.45) is 0 Å². The fourth-order valence-corrected chi connectivity index (χ4v) is 2.06. The molecule has 1 unspecified atom stereocenters. The van der Waals surface area contributed by atoms with Crippen molar-refractivity contribution < 1.29 is 4.79 Å². The Morgan fingerprint density at radius 3 is 3.12 bits per heavy atom. The SMILES string of the molecule is CNC(=O)C(C)n1c(=S)[nH]c2cnccc21. The normalized spacial score (nSPS) is 12.6. The second-order valence-corrected chi connectivity index (χ2v) is 3.87. The van der Waals surface area contributed by atoms with Crippen molar-refractivity contribution in [1.29, 1.82) is 0 Å². The lowest BCUT2D eigenvalue weighted by Gasteiger charge is -2.12. The Labute approximate surface area is 97.5 Å². The van der Waals surface area contributed by atoms with Gasteiger partial charge in [-0.05, 0) is 25.2 Å². The first-order valence-corrected chi connectivity index (χ1v) is 5.32. The van der Waals surface area contributed by atoms with Gasteiger partial charge in [0.25, 0.3) is 0 Å². The van der Waals surface area contributed by atoms with Crippen LogP contribution in [-0.4, -0.2) is 27.5 Å². The number of rotatable bonds is 2. The van der Waals surface area contributed by atoms with Gasteiger partial charge >= 0.3 is 0 Å². The molecule has 2 aromatic rings. The number of nitrogens with one attached hydrogen (secondary N) is 2. The molecular weight excluding hydrogens is 224 g/mol. The number of nitrogens with zero attached hydrogens (tertiary/aromatic N) is 2. The first kappa shape index (κ1) is 10.8. The molecule has 1 amide bonds. The van der Waals surface area contributed by atoms with Gasteiger partial charge in [-0.15, -0.1) is 0 Å². The van der Waals surface area contributed by atoms with Crippen LogP contribution in [0.2, 0.25) is 0 Å². The maximum absolute atomic E-state index is 11.6. The highest BCUT2D eigenvalue weighted by Gasteiger charge is 2.16. The summed E-state index contributed by atoms with van der Waals surface area (Å²) in [7, 11) is 1.61. The number of carbonyl (C=O) groups excluding carboxylic acids is 1. The summed E-state index contributed by atoms with van der Waals surface area (Å²) in [6.45, 7) is 1.81. The summed E-state index contributed by atoms with van der Waals surface area (Å²) < 4.78 is 2.31. The second kappa shape index (κ2) is 4.05. The lowest BCUT2D eigenvalue weighted by atomic mass is 10.3. The van der Waals surface area contributed by atoms with Crippen molar-refractivity contribution in [2.75, 3.05) is 7.05 Å². The molecule has 0 spiro atoms. The Hall–Kier alpha value is -1.69. The fourth-order valence-electron chi connectivity index (χ4n) is 1.69. The van der Waals surface area contributed by atoms with Crippen molar-refractivity contribution in [3.05, 3.63) is 23.2 Å². The molecule has 2 N–H and O–H groups in total. The van der Waals surface area contributed by atoms with E-state index in [2.05, 4.69) is 15.3 Å². The third-order valence-corrected chi connectivity index (χ3v) is 2.83. The maximum atomic E-state index is 11.6. The quantitative estimate of drug-likeness (QED) is 0.775. The Bertz CT molecular complexity index is 586. The van der Waals surface area contributed by atoms with Crippen molar-refractivity contribution in [3.8, 4) is 0 Å². The van der Waals surface area contributed by atoms with E-state index in [0.717, 1.165) is 11.0 Å². The molecule has 0 aliphatic rings. The highest BCUT2D eigenvalue weighted by molar-refractivity contribution is 7.71. The summed E-state index contributed by atoms with van der Waals surface area (Å²) in [5.74, 6) is -0.0752. The molecule has 0 saturated heterocycles. The molecule has 16 heavy (non-hydrogen) atoms. The standard InChI is InChI=1S/C10H12N4OS/c1-6(9(15)11-2)14-8-3-4-12-5-7(8)13-10(14)16/h3-6H,1-2H3,(H,11,15)(H,13,16).